The van der Waals surface area contributed by atoms with Crippen molar-refractivity contribution in [1.29, 1.82) is 0 Å². The van der Waals surface area contributed by atoms with Gasteiger partial charge in [0.15, 0.2) is 0 Å². The molecule has 34 heavy (non-hydrogen) atoms. The van der Waals surface area contributed by atoms with E-state index in [1.54, 1.807) is 36.4 Å². The molecule has 178 valence electrons. The summed E-state index contributed by atoms with van der Waals surface area (Å²) in [6, 6.07) is 15.7. The second-order valence-corrected chi connectivity index (χ2v) is 10.2. The molecule has 0 atom stereocenters. The van der Waals surface area contributed by atoms with E-state index >= 15 is 0 Å². The van der Waals surface area contributed by atoms with E-state index in [2.05, 4.69) is 15.4 Å². The summed E-state index contributed by atoms with van der Waals surface area (Å²) in [4.78, 5) is 25.2. The van der Waals surface area contributed by atoms with Crippen LogP contribution in [0.4, 0.5) is 11.4 Å². The third-order valence-corrected chi connectivity index (χ3v) is 6.94. The molecule has 0 aliphatic heterocycles. The Labute approximate surface area is 204 Å². The molecule has 3 rings (SSSR count). The molecule has 3 aromatic rings. The molecule has 0 aliphatic rings. The number of carbonyl (C=O) groups excluding carboxylic acids is 2. The third kappa shape index (κ3) is 5.95. The highest BCUT2D eigenvalue weighted by Crippen LogP contribution is 2.26. The van der Waals surface area contributed by atoms with Gasteiger partial charge in [-0.15, -0.1) is 0 Å². The molecule has 0 unspecified atom stereocenters. The second kappa shape index (κ2) is 10.3. The van der Waals surface area contributed by atoms with Crippen molar-refractivity contribution in [2.45, 2.75) is 38.6 Å². The predicted octanol–water partition coefficient (Wildman–Crippen LogP) is 5.15. The number of anilines is 2. The highest BCUT2D eigenvalue weighted by Gasteiger charge is 2.22. The number of halogens is 1. The van der Waals surface area contributed by atoms with E-state index in [0.29, 0.717) is 16.9 Å². The number of para-hydroxylation sites is 1. The lowest BCUT2D eigenvalue weighted by Crippen LogP contribution is -2.31. The molecule has 0 radical (unpaired) electrons. The number of amides is 2. The minimum Gasteiger partial charge on any atom is -0.350 e. The first-order chi connectivity index (χ1) is 16.0. The minimum absolute atomic E-state index is 0.0235. The lowest BCUT2D eigenvalue weighted by molar-refractivity contribution is 0.0944. The van der Waals surface area contributed by atoms with E-state index in [-0.39, 0.29) is 27.4 Å². The summed E-state index contributed by atoms with van der Waals surface area (Å²) in [5.74, 6) is -0.910. The van der Waals surface area contributed by atoms with Gasteiger partial charge in [-0.3, -0.25) is 14.3 Å². The van der Waals surface area contributed by atoms with Crippen LogP contribution in [0.5, 0.6) is 0 Å². The monoisotopic (exact) mass is 499 g/mol. The molecular weight excluding hydrogens is 474 g/mol. The van der Waals surface area contributed by atoms with Crippen LogP contribution in [0.15, 0.2) is 65.6 Å². The fourth-order valence-electron chi connectivity index (χ4n) is 3.19. The molecular formula is C25H26ClN3O4S. The number of sulfonamides is 1. The number of nitrogens with one attached hydrogen (secondary N) is 3. The molecule has 3 N–H and O–H groups in total. The van der Waals surface area contributed by atoms with Gasteiger partial charge in [0.25, 0.3) is 21.8 Å². The van der Waals surface area contributed by atoms with Crippen LogP contribution in [0.25, 0.3) is 0 Å². The number of aryl methyl sites for hydroxylation is 2. The lowest BCUT2D eigenvalue weighted by atomic mass is 10.1. The molecule has 0 heterocycles. The predicted molar refractivity (Wildman–Crippen MR) is 135 cm³/mol. The molecule has 3 aromatic carbocycles. The number of benzene rings is 3. The summed E-state index contributed by atoms with van der Waals surface area (Å²) >= 11 is 6.18. The maximum Gasteiger partial charge on any atom is 0.263 e. The van der Waals surface area contributed by atoms with Crippen molar-refractivity contribution in [2.75, 3.05) is 10.0 Å². The first-order valence-electron chi connectivity index (χ1n) is 10.6. The van der Waals surface area contributed by atoms with Gasteiger partial charge >= 0.3 is 0 Å². The topological polar surface area (TPSA) is 104 Å². The summed E-state index contributed by atoms with van der Waals surface area (Å²) < 4.78 is 28.5. The fraction of sp³-hybridized carbons (Fsp3) is 0.200. The zero-order valence-electron chi connectivity index (χ0n) is 19.3. The molecule has 0 saturated carbocycles. The first kappa shape index (κ1) is 25.3. The molecule has 0 aliphatic carbocycles. The Hall–Kier alpha value is -3.36. The molecule has 0 fully saturated rings. The zero-order valence-corrected chi connectivity index (χ0v) is 20.8. The molecule has 0 spiro atoms. The largest absolute Gasteiger partial charge is 0.350 e. The van der Waals surface area contributed by atoms with E-state index in [4.69, 9.17) is 11.6 Å². The van der Waals surface area contributed by atoms with Gasteiger partial charge in [-0.05, 0) is 81.3 Å². The van der Waals surface area contributed by atoms with Gasteiger partial charge < -0.3 is 10.6 Å². The van der Waals surface area contributed by atoms with Crippen LogP contribution >= 0.6 is 11.6 Å². The number of hydrogen-bond donors (Lipinski definition) is 3. The van der Waals surface area contributed by atoms with Crippen molar-refractivity contribution in [3.8, 4) is 0 Å². The smallest absolute Gasteiger partial charge is 0.263 e. The Bertz CT molecular complexity index is 1350. The Morgan fingerprint density at radius 2 is 1.59 bits per heavy atom. The summed E-state index contributed by atoms with van der Waals surface area (Å²) in [5.41, 5.74) is 3.02. The van der Waals surface area contributed by atoms with Crippen molar-refractivity contribution >= 4 is 44.8 Å². The Balaban J connectivity index is 1.88. The van der Waals surface area contributed by atoms with Gasteiger partial charge in [0.05, 0.1) is 16.3 Å². The van der Waals surface area contributed by atoms with Crippen LogP contribution in [-0.2, 0) is 10.0 Å². The van der Waals surface area contributed by atoms with E-state index < -0.39 is 15.9 Å². The van der Waals surface area contributed by atoms with Crippen molar-refractivity contribution in [1.82, 2.24) is 5.32 Å². The molecule has 9 heteroatoms. The van der Waals surface area contributed by atoms with Crippen LogP contribution in [0.3, 0.4) is 0 Å². The van der Waals surface area contributed by atoms with Crippen molar-refractivity contribution in [3.05, 3.63) is 87.9 Å². The standard InChI is InChI=1S/C25H26ClN3O4S/c1-15(2)27-25(31)20-7-5-6-8-22(20)28-24(30)18-10-12-21(26)23(14-18)34(32,33)29-19-11-9-16(3)17(4)13-19/h5-15,29H,1-4H3,(H,27,31)(H,28,30). The van der Waals surface area contributed by atoms with Crippen LogP contribution < -0.4 is 15.4 Å². The highest BCUT2D eigenvalue weighted by atomic mass is 35.5. The van der Waals surface area contributed by atoms with Gasteiger partial charge in [-0.2, -0.15) is 0 Å². The van der Waals surface area contributed by atoms with E-state index in [0.717, 1.165) is 11.1 Å². The average Bonchev–Trinajstić information content (AvgIpc) is 2.76. The second-order valence-electron chi connectivity index (χ2n) is 8.18. The molecule has 0 aromatic heterocycles. The normalized spacial score (nSPS) is 11.2. The minimum atomic E-state index is -4.06. The summed E-state index contributed by atoms with van der Waals surface area (Å²) in [7, 11) is -4.06. The molecule has 0 saturated heterocycles. The van der Waals surface area contributed by atoms with Crippen LogP contribution in [0, 0.1) is 13.8 Å². The van der Waals surface area contributed by atoms with Gasteiger partial charge in [-0.1, -0.05) is 29.8 Å². The summed E-state index contributed by atoms with van der Waals surface area (Å²) in [6.45, 7) is 7.48. The Morgan fingerprint density at radius 3 is 2.26 bits per heavy atom. The quantitative estimate of drug-likeness (QED) is 0.418. The van der Waals surface area contributed by atoms with Crippen LogP contribution in [0.2, 0.25) is 5.02 Å². The van der Waals surface area contributed by atoms with E-state index in [9.17, 15) is 18.0 Å². The van der Waals surface area contributed by atoms with Crippen molar-refractivity contribution < 1.29 is 18.0 Å². The lowest BCUT2D eigenvalue weighted by Gasteiger charge is -2.14. The molecule has 7 nitrogen and oxygen atoms in total. The van der Waals surface area contributed by atoms with Gasteiger partial charge in [-0.25, -0.2) is 8.42 Å². The highest BCUT2D eigenvalue weighted by molar-refractivity contribution is 7.92. The maximum absolute atomic E-state index is 13.0. The van der Waals surface area contributed by atoms with Gasteiger partial charge in [0.2, 0.25) is 0 Å². The summed E-state index contributed by atoms with van der Waals surface area (Å²) in [6.07, 6.45) is 0. The number of rotatable bonds is 7. The van der Waals surface area contributed by atoms with Gasteiger partial charge in [0.1, 0.15) is 4.90 Å². The Kier molecular flexibility index (Phi) is 7.64. The third-order valence-electron chi connectivity index (χ3n) is 5.08. The van der Waals surface area contributed by atoms with E-state index in [1.165, 1.54) is 18.2 Å². The van der Waals surface area contributed by atoms with Crippen molar-refractivity contribution in [3.63, 3.8) is 0 Å². The molecule has 0 bridgehead atoms. The molecule has 2 amide bonds. The van der Waals surface area contributed by atoms with Crippen molar-refractivity contribution in [2.24, 2.45) is 0 Å². The van der Waals surface area contributed by atoms with E-state index in [1.807, 2.05) is 33.8 Å². The van der Waals surface area contributed by atoms with Crippen LogP contribution in [-0.4, -0.2) is 26.3 Å². The SMILES string of the molecule is Cc1ccc(NS(=O)(=O)c2cc(C(=O)Nc3ccccc3C(=O)NC(C)C)ccc2Cl)cc1C. The fourth-order valence-corrected chi connectivity index (χ4v) is 4.77. The average molecular weight is 500 g/mol. The first-order valence-corrected chi connectivity index (χ1v) is 12.4. The number of hydrogen-bond acceptors (Lipinski definition) is 4. The van der Waals surface area contributed by atoms with Gasteiger partial charge in [0, 0.05) is 17.3 Å². The Morgan fingerprint density at radius 1 is 0.882 bits per heavy atom. The number of carbonyl (C=O) groups is 2. The zero-order chi connectivity index (χ0) is 25.0. The van der Waals surface area contributed by atoms with Crippen LogP contribution in [0.1, 0.15) is 45.7 Å². The maximum atomic E-state index is 13.0. The summed E-state index contributed by atoms with van der Waals surface area (Å²) in [5, 5.41) is 5.45.